The van der Waals surface area contributed by atoms with E-state index in [1.807, 2.05) is 0 Å². The SMILES string of the molecule is CC(C)(C)CCNCc1nccc(N)n1. The Kier molecular flexibility index (Phi) is 4.03. The highest BCUT2D eigenvalue weighted by atomic mass is 15.0. The molecule has 1 rings (SSSR count). The van der Waals surface area contributed by atoms with Gasteiger partial charge in [-0.3, -0.25) is 0 Å². The molecule has 0 fully saturated rings. The second-order valence-corrected chi connectivity index (χ2v) is 4.89. The third-order valence-electron chi connectivity index (χ3n) is 2.06. The molecule has 0 saturated carbocycles. The highest BCUT2D eigenvalue weighted by Crippen LogP contribution is 2.16. The summed E-state index contributed by atoms with van der Waals surface area (Å²) in [5.74, 6) is 1.28. The first-order valence-corrected chi connectivity index (χ1v) is 5.25. The summed E-state index contributed by atoms with van der Waals surface area (Å²) in [4.78, 5) is 8.23. The van der Waals surface area contributed by atoms with Gasteiger partial charge in [0.15, 0.2) is 0 Å². The monoisotopic (exact) mass is 208 g/mol. The van der Waals surface area contributed by atoms with Gasteiger partial charge >= 0.3 is 0 Å². The number of hydrogen-bond acceptors (Lipinski definition) is 4. The van der Waals surface area contributed by atoms with Crippen molar-refractivity contribution >= 4 is 5.82 Å². The number of aromatic nitrogens is 2. The molecule has 0 aliphatic heterocycles. The molecule has 1 heterocycles. The second kappa shape index (κ2) is 5.07. The van der Waals surface area contributed by atoms with Crippen molar-refractivity contribution in [2.45, 2.75) is 33.7 Å². The summed E-state index contributed by atoms with van der Waals surface area (Å²) in [6.07, 6.45) is 2.82. The first-order valence-electron chi connectivity index (χ1n) is 5.25. The minimum atomic E-state index is 0.365. The Hall–Kier alpha value is -1.16. The van der Waals surface area contributed by atoms with E-state index >= 15 is 0 Å². The van der Waals surface area contributed by atoms with Crippen molar-refractivity contribution in [2.75, 3.05) is 12.3 Å². The van der Waals surface area contributed by atoms with E-state index in [9.17, 15) is 0 Å². The maximum Gasteiger partial charge on any atom is 0.144 e. The maximum absolute atomic E-state index is 5.55. The Morgan fingerprint density at radius 2 is 2.13 bits per heavy atom. The summed E-state index contributed by atoms with van der Waals surface area (Å²) in [6.45, 7) is 8.34. The van der Waals surface area contributed by atoms with Gasteiger partial charge in [-0.1, -0.05) is 20.8 Å². The smallest absolute Gasteiger partial charge is 0.144 e. The van der Waals surface area contributed by atoms with Crippen LogP contribution in [0, 0.1) is 5.41 Å². The minimum absolute atomic E-state index is 0.365. The molecule has 0 spiro atoms. The first-order chi connectivity index (χ1) is 6.97. The van der Waals surface area contributed by atoms with Crippen LogP contribution in [0.25, 0.3) is 0 Å². The zero-order valence-corrected chi connectivity index (χ0v) is 9.75. The summed E-state index contributed by atoms with van der Waals surface area (Å²) in [5, 5.41) is 3.30. The molecule has 84 valence electrons. The summed E-state index contributed by atoms with van der Waals surface area (Å²) in [7, 11) is 0. The highest BCUT2D eigenvalue weighted by molar-refractivity contribution is 5.24. The molecule has 1 aromatic heterocycles. The van der Waals surface area contributed by atoms with E-state index < -0.39 is 0 Å². The van der Waals surface area contributed by atoms with Crippen LogP contribution in [0.15, 0.2) is 12.3 Å². The predicted octanol–water partition coefficient (Wildman–Crippen LogP) is 1.58. The van der Waals surface area contributed by atoms with Gasteiger partial charge in [0.2, 0.25) is 0 Å². The largest absolute Gasteiger partial charge is 0.384 e. The molecule has 0 amide bonds. The van der Waals surface area contributed by atoms with Gasteiger partial charge in [-0.2, -0.15) is 0 Å². The van der Waals surface area contributed by atoms with E-state index in [1.54, 1.807) is 12.3 Å². The third-order valence-corrected chi connectivity index (χ3v) is 2.06. The standard InChI is InChI=1S/C11H20N4/c1-11(2,3)5-7-13-8-10-14-6-4-9(12)15-10/h4,6,13H,5,7-8H2,1-3H3,(H2,12,14,15). The number of nitrogen functional groups attached to an aromatic ring is 1. The second-order valence-electron chi connectivity index (χ2n) is 4.89. The first kappa shape index (κ1) is 11.9. The fourth-order valence-corrected chi connectivity index (χ4v) is 1.16. The van der Waals surface area contributed by atoms with Crippen molar-refractivity contribution in [1.29, 1.82) is 0 Å². The zero-order valence-electron chi connectivity index (χ0n) is 9.75. The van der Waals surface area contributed by atoms with E-state index in [0.717, 1.165) is 18.8 Å². The van der Waals surface area contributed by atoms with E-state index in [0.29, 0.717) is 17.8 Å². The molecule has 0 unspecified atom stereocenters. The molecule has 0 aromatic carbocycles. The Balaban J connectivity index is 2.26. The Morgan fingerprint density at radius 3 is 2.73 bits per heavy atom. The van der Waals surface area contributed by atoms with E-state index in [1.165, 1.54) is 0 Å². The van der Waals surface area contributed by atoms with Crippen LogP contribution in [0.3, 0.4) is 0 Å². The summed E-state index contributed by atoms with van der Waals surface area (Å²) < 4.78 is 0. The molecule has 15 heavy (non-hydrogen) atoms. The Morgan fingerprint density at radius 1 is 1.40 bits per heavy atom. The lowest BCUT2D eigenvalue weighted by molar-refractivity contribution is 0.365. The molecule has 3 N–H and O–H groups in total. The van der Waals surface area contributed by atoms with Crippen molar-refractivity contribution in [3.05, 3.63) is 18.1 Å². The lowest BCUT2D eigenvalue weighted by Crippen LogP contribution is -2.21. The van der Waals surface area contributed by atoms with Gasteiger partial charge in [0.1, 0.15) is 11.6 Å². The van der Waals surface area contributed by atoms with Crippen LogP contribution in [0.1, 0.15) is 33.0 Å². The van der Waals surface area contributed by atoms with Crippen molar-refractivity contribution in [3.8, 4) is 0 Å². The van der Waals surface area contributed by atoms with Crippen LogP contribution in [-0.4, -0.2) is 16.5 Å². The molecule has 0 aliphatic rings. The van der Waals surface area contributed by atoms with Gasteiger partial charge in [0.05, 0.1) is 6.54 Å². The molecule has 0 bridgehead atoms. The lowest BCUT2D eigenvalue weighted by Gasteiger charge is -2.17. The number of nitrogens with two attached hydrogens (primary N) is 1. The third kappa shape index (κ3) is 5.32. The van der Waals surface area contributed by atoms with Gasteiger partial charge < -0.3 is 11.1 Å². The molecular formula is C11H20N4. The molecule has 0 saturated heterocycles. The summed E-state index contributed by atoms with van der Waals surface area (Å²) in [5.41, 5.74) is 5.92. The average molecular weight is 208 g/mol. The number of hydrogen-bond donors (Lipinski definition) is 2. The minimum Gasteiger partial charge on any atom is -0.384 e. The predicted molar refractivity (Wildman–Crippen MR) is 62.2 cm³/mol. The molecule has 4 heteroatoms. The normalized spacial score (nSPS) is 11.7. The van der Waals surface area contributed by atoms with Crippen LogP contribution < -0.4 is 11.1 Å². The van der Waals surface area contributed by atoms with Crippen LogP contribution in [0.2, 0.25) is 0 Å². The fraction of sp³-hybridized carbons (Fsp3) is 0.636. The molecule has 1 aromatic rings. The van der Waals surface area contributed by atoms with Crippen LogP contribution in [0.5, 0.6) is 0 Å². The van der Waals surface area contributed by atoms with Crippen LogP contribution in [-0.2, 0) is 6.54 Å². The quantitative estimate of drug-likeness (QED) is 0.737. The van der Waals surface area contributed by atoms with Crippen LogP contribution in [0.4, 0.5) is 5.82 Å². The summed E-state index contributed by atoms with van der Waals surface area (Å²) >= 11 is 0. The van der Waals surface area contributed by atoms with Crippen molar-refractivity contribution < 1.29 is 0 Å². The molecule has 0 atom stereocenters. The molecule has 4 nitrogen and oxygen atoms in total. The van der Waals surface area contributed by atoms with E-state index in [-0.39, 0.29) is 0 Å². The van der Waals surface area contributed by atoms with Crippen LogP contribution >= 0.6 is 0 Å². The van der Waals surface area contributed by atoms with Crippen molar-refractivity contribution in [1.82, 2.24) is 15.3 Å². The zero-order chi connectivity index (χ0) is 11.3. The average Bonchev–Trinajstić information content (AvgIpc) is 2.11. The van der Waals surface area contributed by atoms with E-state index in [2.05, 4.69) is 36.1 Å². The maximum atomic E-state index is 5.55. The molecular weight excluding hydrogens is 188 g/mol. The van der Waals surface area contributed by atoms with Gasteiger partial charge in [-0.25, -0.2) is 9.97 Å². The van der Waals surface area contributed by atoms with E-state index in [4.69, 9.17) is 5.73 Å². The topological polar surface area (TPSA) is 63.8 Å². The van der Waals surface area contributed by atoms with Crippen molar-refractivity contribution in [2.24, 2.45) is 5.41 Å². The summed E-state index contributed by atoms with van der Waals surface area (Å²) in [6, 6.07) is 1.69. The van der Waals surface area contributed by atoms with Gasteiger partial charge in [0, 0.05) is 6.20 Å². The van der Waals surface area contributed by atoms with Gasteiger partial charge in [-0.05, 0) is 24.4 Å². The number of nitrogens with one attached hydrogen (secondary N) is 1. The molecule has 0 aliphatic carbocycles. The van der Waals surface area contributed by atoms with Crippen molar-refractivity contribution in [3.63, 3.8) is 0 Å². The van der Waals surface area contributed by atoms with Gasteiger partial charge in [-0.15, -0.1) is 0 Å². The lowest BCUT2D eigenvalue weighted by atomic mass is 9.92. The highest BCUT2D eigenvalue weighted by Gasteiger charge is 2.08. The van der Waals surface area contributed by atoms with Gasteiger partial charge in [0.25, 0.3) is 0 Å². The number of nitrogens with zero attached hydrogens (tertiary/aromatic N) is 2. The number of anilines is 1. The number of rotatable bonds is 4. The Bertz CT molecular complexity index is 304. The Labute approximate surface area is 91.3 Å². The fourth-order valence-electron chi connectivity index (χ4n) is 1.16. The molecule has 0 radical (unpaired) electrons.